The van der Waals surface area contributed by atoms with Gasteiger partial charge in [0.15, 0.2) is 0 Å². The molecule has 0 aromatic heterocycles. The zero-order valence-electron chi connectivity index (χ0n) is 13.3. The molecule has 2 rings (SSSR count). The first-order chi connectivity index (χ1) is 11.2. The standard InChI is InChI=1S/C19H22ClNO2/c1-2-3-14-23-18-11-7-6-10-17(18)21-19(22)13-12-15-8-4-5-9-16(15)20/h4-11H,2-3,12-14H2,1H3,(H,21,22). The number of carbonyl (C=O) groups is 1. The minimum Gasteiger partial charge on any atom is -0.491 e. The molecule has 1 N–H and O–H groups in total. The van der Waals surface area contributed by atoms with Crippen LogP contribution in [0.15, 0.2) is 48.5 Å². The van der Waals surface area contributed by atoms with E-state index in [9.17, 15) is 4.79 Å². The maximum absolute atomic E-state index is 12.2. The Morgan fingerprint density at radius 2 is 1.87 bits per heavy atom. The summed E-state index contributed by atoms with van der Waals surface area (Å²) >= 11 is 6.11. The van der Waals surface area contributed by atoms with Gasteiger partial charge in [-0.3, -0.25) is 4.79 Å². The van der Waals surface area contributed by atoms with Crippen LogP contribution in [0, 0.1) is 0 Å². The molecule has 1 amide bonds. The van der Waals surface area contributed by atoms with Gasteiger partial charge in [-0.25, -0.2) is 0 Å². The molecule has 0 aliphatic carbocycles. The number of benzene rings is 2. The lowest BCUT2D eigenvalue weighted by Gasteiger charge is -2.12. The minimum absolute atomic E-state index is 0.0449. The van der Waals surface area contributed by atoms with E-state index in [0.29, 0.717) is 35.9 Å². The van der Waals surface area contributed by atoms with Crippen LogP contribution in [0.1, 0.15) is 31.7 Å². The number of amides is 1. The summed E-state index contributed by atoms with van der Waals surface area (Å²) in [5.41, 5.74) is 1.70. The van der Waals surface area contributed by atoms with Crippen LogP contribution in [0.5, 0.6) is 5.75 Å². The number of ether oxygens (including phenoxy) is 1. The number of nitrogens with one attached hydrogen (secondary N) is 1. The van der Waals surface area contributed by atoms with Gasteiger partial charge >= 0.3 is 0 Å². The summed E-state index contributed by atoms with van der Waals surface area (Å²) in [7, 11) is 0. The van der Waals surface area contributed by atoms with Gasteiger partial charge in [0, 0.05) is 11.4 Å². The summed E-state index contributed by atoms with van der Waals surface area (Å²) in [6.45, 7) is 2.77. The Morgan fingerprint density at radius 3 is 2.65 bits per heavy atom. The van der Waals surface area contributed by atoms with E-state index in [1.54, 1.807) is 0 Å². The lowest BCUT2D eigenvalue weighted by molar-refractivity contribution is -0.116. The molecule has 0 saturated carbocycles. The van der Waals surface area contributed by atoms with Gasteiger partial charge in [-0.1, -0.05) is 55.3 Å². The van der Waals surface area contributed by atoms with Crippen molar-refractivity contribution < 1.29 is 9.53 Å². The number of unbranched alkanes of at least 4 members (excludes halogenated alkanes) is 1. The molecule has 0 fully saturated rings. The average molecular weight is 332 g/mol. The van der Waals surface area contributed by atoms with E-state index < -0.39 is 0 Å². The Hall–Kier alpha value is -2.00. The normalized spacial score (nSPS) is 10.3. The lowest BCUT2D eigenvalue weighted by Crippen LogP contribution is -2.13. The van der Waals surface area contributed by atoms with Crippen LogP contribution in [0.2, 0.25) is 5.02 Å². The topological polar surface area (TPSA) is 38.3 Å². The van der Waals surface area contributed by atoms with E-state index in [1.165, 1.54) is 0 Å². The SMILES string of the molecule is CCCCOc1ccccc1NC(=O)CCc1ccccc1Cl. The van der Waals surface area contributed by atoms with Crippen molar-refractivity contribution in [3.05, 3.63) is 59.1 Å². The van der Waals surface area contributed by atoms with Crippen LogP contribution in [-0.2, 0) is 11.2 Å². The Balaban J connectivity index is 1.91. The van der Waals surface area contributed by atoms with Crippen molar-refractivity contribution in [1.82, 2.24) is 0 Å². The summed E-state index contributed by atoms with van der Waals surface area (Å²) in [5.74, 6) is 0.670. The number of anilines is 1. The molecule has 2 aromatic rings. The average Bonchev–Trinajstić information content (AvgIpc) is 2.56. The Kier molecular flexibility index (Phi) is 6.95. The molecule has 0 bridgehead atoms. The summed E-state index contributed by atoms with van der Waals surface area (Å²) in [4.78, 5) is 12.2. The van der Waals surface area contributed by atoms with E-state index in [-0.39, 0.29) is 5.91 Å². The van der Waals surface area contributed by atoms with Gasteiger partial charge < -0.3 is 10.1 Å². The van der Waals surface area contributed by atoms with Gasteiger partial charge in [0.05, 0.1) is 12.3 Å². The van der Waals surface area contributed by atoms with E-state index >= 15 is 0 Å². The zero-order chi connectivity index (χ0) is 16.5. The minimum atomic E-state index is -0.0449. The Bertz CT molecular complexity index is 643. The highest BCUT2D eigenvalue weighted by Crippen LogP contribution is 2.24. The van der Waals surface area contributed by atoms with Gasteiger partial charge in [-0.2, -0.15) is 0 Å². The molecule has 2 aromatic carbocycles. The highest BCUT2D eigenvalue weighted by Gasteiger charge is 2.09. The van der Waals surface area contributed by atoms with Crippen molar-refractivity contribution in [2.24, 2.45) is 0 Å². The molecule has 0 aliphatic rings. The van der Waals surface area contributed by atoms with Gasteiger partial charge in [0.25, 0.3) is 0 Å². The predicted octanol–water partition coefficient (Wildman–Crippen LogP) is 5.09. The fourth-order valence-electron chi connectivity index (χ4n) is 2.18. The largest absolute Gasteiger partial charge is 0.491 e. The number of hydrogen-bond donors (Lipinski definition) is 1. The molecule has 3 nitrogen and oxygen atoms in total. The highest BCUT2D eigenvalue weighted by atomic mass is 35.5. The zero-order valence-corrected chi connectivity index (χ0v) is 14.1. The molecule has 0 aliphatic heterocycles. The van der Waals surface area contributed by atoms with Gasteiger partial charge in [0.2, 0.25) is 5.91 Å². The van der Waals surface area contributed by atoms with Crippen molar-refractivity contribution in [3.8, 4) is 5.75 Å². The van der Waals surface area contributed by atoms with Crippen LogP contribution < -0.4 is 10.1 Å². The van der Waals surface area contributed by atoms with Crippen LogP contribution in [-0.4, -0.2) is 12.5 Å². The summed E-state index contributed by atoms with van der Waals surface area (Å²) in [6.07, 6.45) is 3.07. The second-order valence-electron chi connectivity index (χ2n) is 5.34. The molecule has 0 saturated heterocycles. The van der Waals surface area contributed by atoms with Crippen LogP contribution in [0.25, 0.3) is 0 Å². The molecular formula is C19H22ClNO2. The first kappa shape index (κ1) is 17.4. The summed E-state index contributed by atoms with van der Waals surface area (Å²) in [5, 5.41) is 3.62. The van der Waals surface area contributed by atoms with Gasteiger partial charge in [0.1, 0.15) is 5.75 Å². The van der Waals surface area contributed by atoms with Crippen molar-refractivity contribution in [2.45, 2.75) is 32.6 Å². The summed E-state index contributed by atoms with van der Waals surface area (Å²) in [6, 6.07) is 15.1. The van der Waals surface area contributed by atoms with Crippen LogP contribution in [0.4, 0.5) is 5.69 Å². The molecule has 0 spiro atoms. The maximum atomic E-state index is 12.2. The van der Waals surface area contributed by atoms with E-state index in [0.717, 1.165) is 18.4 Å². The third kappa shape index (κ3) is 5.61. The Morgan fingerprint density at radius 1 is 1.13 bits per heavy atom. The lowest BCUT2D eigenvalue weighted by atomic mass is 10.1. The molecular weight excluding hydrogens is 310 g/mol. The maximum Gasteiger partial charge on any atom is 0.224 e. The fourth-order valence-corrected chi connectivity index (χ4v) is 2.41. The number of rotatable bonds is 8. The molecule has 0 atom stereocenters. The monoisotopic (exact) mass is 331 g/mol. The molecule has 23 heavy (non-hydrogen) atoms. The number of halogens is 1. The highest BCUT2D eigenvalue weighted by molar-refractivity contribution is 6.31. The molecule has 122 valence electrons. The molecule has 0 heterocycles. The Labute approximate surface area is 142 Å². The van der Waals surface area contributed by atoms with Crippen molar-refractivity contribution >= 4 is 23.2 Å². The second kappa shape index (κ2) is 9.21. The first-order valence-corrected chi connectivity index (χ1v) is 8.33. The van der Waals surface area contributed by atoms with Crippen molar-refractivity contribution in [1.29, 1.82) is 0 Å². The van der Waals surface area contributed by atoms with Crippen molar-refractivity contribution in [3.63, 3.8) is 0 Å². The van der Waals surface area contributed by atoms with Crippen LogP contribution >= 0.6 is 11.6 Å². The smallest absolute Gasteiger partial charge is 0.224 e. The van der Waals surface area contributed by atoms with Gasteiger partial charge in [-0.05, 0) is 36.6 Å². The molecule has 0 unspecified atom stereocenters. The summed E-state index contributed by atoms with van der Waals surface area (Å²) < 4.78 is 5.72. The van der Waals surface area contributed by atoms with E-state index in [2.05, 4.69) is 12.2 Å². The first-order valence-electron chi connectivity index (χ1n) is 7.95. The number of carbonyl (C=O) groups excluding carboxylic acids is 1. The third-order valence-electron chi connectivity index (χ3n) is 3.50. The number of hydrogen-bond acceptors (Lipinski definition) is 2. The van der Waals surface area contributed by atoms with Crippen molar-refractivity contribution in [2.75, 3.05) is 11.9 Å². The van der Waals surface area contributed by atoms with Gasteiger partial charge in [-0.15, -0.1) is 0 Å². The second-order valence-corrected chi connectivity index (χ2v) is 5.74. The molecule has 0 radical (unpaired) electrons. The quantitative estimate of drug-likeness (QED) is 0.684. The van der Waals surface area contributed by atoms with E-state index in [1.807, 2.05) is 48.5 Å². The predicted molar refractivity (Wildman–Crippen MR) is 95.2 cm³/mol. The molecule has 4 heteroatoms. The number of aryl methyl sites for hydroxylation is 1. The number of para-hydroxylation sites is 2. The third-order valence-corrected chi connectivity index (χ3v) is 3.86. The fraction of sp³-hybridized carbons (Fsp3) is 0.316. The van der Waals surface area contributed by atoms with E-state index in [4.69, 9.17) is 16.3 Å². The van der Waals surface area contributed by atoms with Crippen LogP contribution in [0.3, 0.4) is 0 Å².